The molecule has 4 rings (SSSR count). The van der Waals surface area contributed by atoms with Gasteiger partial charge >= 0.3 is 0 Å². The molecule has 0 heterocycles. The van der Waals surface area contributed by atoms with E-state index in [1.165, 1.54) is 25.0 Å². The molecule has 0 fully saturated rings. The summed E-state index contributed by atoms with van der Waals surface area (Å²) in [5.74, 6) is -0.0632. The zero-order chi connectivity index (χ0) is 29.8. The molecule has 2 amide bonds. The molecule has 41 heavy (non-hydrogen) atoms. The van der Waals surface area contributed by atoms with Crippen LogP contribution in [0.25, 0.3) is 0 Å². The third kappa shape index (κ3) is 6.63. The lowest BCUT2D eigenvalue weighted by atomic mass is 9.70. The van der Waals surface area contributed by atoms with E-state index in [2.05, 4.69) is 67.8 Å². The van der Waals surface area contributed by atoms with Crippen molar-refractivity contribution >= 4 is 29.0 Å². The molecule has 0 aliphatic heterocycles. The molecular weight excluding hydrogens is 508 g/mol. The topological polar surface area (TPSA) is 75.3 Å². The van der Waals surface area contributed by atoms with E-state index in [-0.39, 0.29) is 23.0 Å². The van der Waals surface area contributed by atoms with Crippen LogP contribution in [-0.2, 0) is 31.6 Å². The van der Waals surface area contributed by atoms with E-state index in [0.717, 1.165) is 33.6 Å². The molecule has 0 aromatic heterocycles. The summed E-state index contributed by atoms with van der Waals surface area (Å²) in [5, 5.41) is 5.69. The third-order valence-corrected chi connectivity index (χ3v) is 7.88. The molecule has 0 unspecified atom stereocenters. The number of hydrogen-bond donors (Lipinski definition) is 2. The maximum atomic E-state index is 11.6. The molecule has 0 aliphatic carbocycles. The van der Waals surface area contributed by atoms with Crippen LogP contribution in [0.3, 0.4) is 0 Å². The van der Waals surface area contributed by atoms with E-state index in [4.69, 9.17) is 0 Å². The van der Waals surface area contributed by atoms with Gasteiger partial charge < -0.3 is 10.6 Å². The summed E-state index contributed by atoms with van der Waals surface area (Å²) in [6.07, 6.45) is 0.450. The van der Waals surface area contributed by atoms with Crippen LogP contribution in [0, 0.1) is 0 Å². The number of hydrogen-bond acceptors (Lipinski definition) is 3. The zero-order valence-electron chi connectivity index (χ0n) is 24.7. The number of nitrogens with one attached hydrogen (secondary N) is 2. The fourth-order valence-corrected chi connectivity index (χ4v) is 5.39. The van der Waals surface area contributed by atoms with Crippen LogP contribution >= 0.6 is 0 Å². The molecule has 0 atom stereocenters. The molecule has 0 saturated heterocycles. The SMILES string of the molecule is CC(=O)Cc1ccc(C(C)(C)c2ccc(C(C)(c3ccc(NC(C)=O)cc3)c3ccc(NC(C)=O)cc3)cc2)cc1. The van der Waals surface area contributed by atoms with Gasteiger partial charge in [-0.25, -0.2) is 0 Å². The van der Waals surface area contributed by atoms with Crippen molar-refractivity contribution in [1.82, 2.24) is 0 Å². The first kappa shape index (κ1) is 29.5. The maximum absolute atomic E-state index is 11.6. The van der Waals surface area contributed by atoms with Crippen molar-refractivity contribution < 1.29 is 14.4 Å². The summed E-state index contributed by atoms with van der Waals surface area (Å²) in [4.78, 5) is 34.7. The summed E-state index contributed by atoms with van der Waals surface area (Å²) in [5.41, 5.74) is 7.42. The number of carbonyl (C=O) groups is 3. The minimum atomic E-state index is -0.499. The van der Waals surface area contributed by atoms with Gasteiger partial charge in [0, 0.05) is 42.5 Å². The number of anilines is 2. The first-order chi connectivity index (χ1) is 19.4. The van der Waals surface area contributed by atoms with Gasteiger partial charge in [-0.1, -0.05) is 86.6 Å². The van der Waals surface area contributed by atoms with Crippen molar-refractivity contribution in [1.29, 1.82) is 0 Å². The molecule has 5 nitrogen and oxygen atoms in total. The number of rotatable bonds is 9. The van der Waals surface area contributed by atoms with E-state index in [0.29, 0.717) is 6.42 Å². The maximum Gasteiger partial charge on any atom is 0.221 e. The highest BCUT2D eigenvalue weighted by molar-refractivity contribution is 5.89. The predicted molar refractivity (Wildman–Crippen MR) is 166 cm³/mol. The molecule has 2 N–H and O–H groups in total. The second-order valence-electron chi connectivity index (χ2n) is 11.4. The molecule has 0 saturated carbocycles. The number of benzene rings is 4. The summed E-state index contributed by atoms with van der Waals surface area (Å²) in [6, 6.07) is 33.0. The van der Waals surface area contributed by atoms with Gasteiger partial charge in [-0.2, -0.15) is 0 Å². The first-order valence-corrected chi connectivity index (χ1v) is 13.9. The normalized spacial score (nSPS) is 11.6. The Labute approximate surface area is 243 Å². The zero-order valence-corrected chi connectivity index (χ0v) is 24.7. The Balaban J connectivity index is 1.73. The molecule has 0 spiro atoms. The van der Waals surface area contributed by atoms with Gasteiger partial charge in [0.2, 0.25) is 11.8 Å². The van der Waals surface area contributed by atoms with Crippen LogP contribution in [0.4, 0.5) is 11.4 Å². The van der Waals surface area contributed by atoms with Crippen LogP contribution in [0.2, 0.25) is 0 Å². The summed E-state index contributed by atoms with van der Waals surface area (Å²) in [6.45, 7) is 11.2. The van der Waals surface area contributed by atoms with Gasteiger partial charge in [0.25, 0.3) is 0 Å². The van der Waals surface area contributed by atoms with Crippen molar-refractivity contribution in [2.75, 3.05) is 10.6 Å². The van der Waals surface area contributed by atoms with Crippen molar-refractivity contribution in [3.8, 4) is 0 Å². The van der Waals surface area contributed by atoms with Crippen molar-refractivity contribution in [3.05, 3.63) is 130 Å². The van der Waals surface area contributed by atoms with E-state index in [9.17, 15) is 14.4 Å². The average Bonchev–Trinajstić information content (AvgIpc) is 2.93. The monoisotopic (exact) mass is 546 g/mol. The molecule has 5 heteroatoms. The van der Waals surface area contributed by atoms with Gasteiger partial charge in [0.15, 0.2) is 0 Å². The highest BCUT2D eigenvalue weighted by Crippen LogP contribution is 2.41. The molecule has 210 valence electrons. The largest absolute Gasteiger partial charge is 0.326 e. The Kier molecular flexibility index (Phi) is 8.57. The molecule has 4 aromatic carbocycles. The minimum Gasteiger partial charge on any atom is -0.326 e. The first-order valence-electron chi connectivity index (χ1n) is 13.9. The van der Waals surface area contributed by atoms with E-state index < -0.39 is 5.41 Å². The molecule has 0 radical (unpaired) electrons. The lowest BCUT2D eigenvalue weighted by Crippen LogP contribution is -2.26. The molecule has 0 aliphatic rings. The Hall–Kier alpha value is -4.51. The predicted octanol–water partition coefficient (Wildman–Crippen LogP) is 7.42. The van der Waals surface area contributed by atoms with Gasteiger partial charge in [0.05, 0.1) is 0 Å². The fraction of sp³-hybridized carbons (Fsp3) is 0.250. The highest BCUT2D eigenvalue weighted by atomic mass is 16.2. The van der Waals surface area contributed by atoms with Crippen molar-refractivity contribution in [2.45, 2.75) is 58.8 Å². The summed E-state index contributed by atoms with van der Waals surface area (Å²) >= 11 is 0. The average molecular weight is 547 g/mol. The van der Waals surface area contributed by atoms with Gasteiger partial charge in [-0.15, -0.1) is 0 Å². The van der Waals surface area contributed by atoms with E-state index >= 15 is 0 Å². The third-order valence-electron chi connectivity index (χ3n) is 7.88. The Morgan fingerprint density at radius 3 is 1.17 bits per heavy atom. The fourth-order valence-electron chi connectivity index (χ4n) is 5.39. The molecular formula is C36H38N2O3. The van der Waals surface area contributed by atoms with E-state index in [1.54, 1.807) is 6.92 Å². The Morgan fingerprint density at radius 2 is 0.829 bits per heavy atom. The minimum absolute atomic E-state index is 0.110. The Bertz CT molecular complexity index is 1470. The van der Waals surface area contributed by atoms with Crippen LogP contribution in [0.1, 0.15) is 74.9 Å². The molecule has 0 bridgehead atoms. The highest BCUT2D eigenvalue weighted by Gasteiger charge is 2.32. The lowest BCUT2D eigenvalue weighted by Gasteiger charge is -2.33. The van der Waals surface area contributed by atoms with Gasteiger partial charge in [-0.05, 0) is 71.5 Å². The smallest absolute Gasteiger partial charge is 0.221 e. The number of carbonyl (C=O) groups excluding carboxylic acids is 3. The van der Waals surface area contributed by atoms with Crippen molar-refractivity contribution in [3.63, 3.8) is 0 Å². The van der Waals surface area contributed by atoms with E-state index in [1.807, 2.05) is 60.7 Å². The van der Waals surface area contributed by atoms with Crippen LogP contribution < -0.4 is 10.6 Å². The Morgan fingerprint density at radius 1 is 0.512 bits per heavy atom. The quantitative estimate of drug-likeness (QED) is 0.215. The number of amides is 2. The van der Waals surface area contributed by atoms with Gasteiger partial charge in [-0.3, -0.25) is 14.4 Å². The number of ketones is 1. The van der Waals surface area contributed by atoms with Crippen LogP contribution in [-0.4, -0.2) is 17.6 Å². The van der Waals surface area contributed by atoms with Crippen molar-refractivity contribution in [2.24, 2.45) is 0 Å². The summed E-state index contributed by atoms with van der Waals surface area (Å²) in [7, 11) is 0. The van der Waals surface area contributed by atoms with Gasteiger partial charge in [0.1, 0.15) is 5.78 Å². The van der Waals surface area contributed by atoms with Crippen LogP contribution in [0.5, 0.6) is 0 Å². The van der Waals surface area contributed by atoms with Crippen LogP contribution in [0.15, 0.2) is 97.1 Å². The second-order valence-corrected chi connectivity index (χ2v) is 11.4. The molecule has 4 aromatic rings. The standard InChI is InChI=1S/C36H38N2O3/c1-24(39)23-27-7-9-28(10-8-27)35(4,5)29-11-13-30(14-12-29)36(6,31-15-19-33(20-16-31)37-25(2)40)32-17-21-34(22-18-32)38-26(3)41/h7-22H,23H2,1-6H3,(H,37,40)(H,38,41). The second kappa shape index (κ2) is 11.9. The lowest BCUT2D eigenvalue weighted by molar-refractivity contribution is -0.116. The summed E-state index contributed by atoms with van der Waals surface area (Å²) < 4.78 is 0. The number of Topliss-reactive ketones (excluding diaryl/α,β-unsaturated/α-hetero) is 1.